The number of aliphatic hydroxyl groups excluding tert-OH is 2. The number of nitrogens with one attached hydrogen (secondary N) is 2. The van der Waals surface area contributed by atoms with Crippen molar-refractivity contribution in [1.29, 1.82) is 0 Å². The van der Waals surface area contributed by atoms with Crippen molar-refractivity contribution >= 4 is 29.5 Å². The van der Waals surface area contributed by atoms with Crippen LogP contribution in [0, 0.1) is 46.3 Å². The van der Waals surface area contributed by atoms with Crippen LogP contribution in [0.5, 0.6) is 0 Å². The molecule has 1 saturated heterocycles. The van der Waals surface area contributed by atoms with Crippen LogP contribution >= 0.6 is 11.8 Å². The van der Waals surface area contributed by atoms with Crippen molar-refractivity contribution in [2.24, 2.45) is 46.3 Å². The van der Waals surface area contributed by atoms with Crippen LogP contribution in [0.4, 0.5) is 0 Å². The molecule has 2 aliphatic heterocycles. The van der Waals surface area contributed by atoms with Crippen LogP contribution in [-0.4, -0.2) is 68.8 Å². The Bertz CT molecular complexity index is 1180. The van der Waals surface area contributed by atoms with Gasteiger partial charge in [-0.15, -0.1) is 11.8 Å². The summed E-state index contributed by atoms with van der Waals surface area (Å²) >= 11 is 1.61. The fraction of sp³-hybridized carbons (Fsp3) is 0.853. The van der Waals surface area contributed by atoms with Gasteiger partial charge in [0.25, 0.3) is 11.8 Å². The van der Waals surface area contributed by atoms with E-state index in [1.807, 2.05) is 13.8 Å². The molecule has 2 heterocycles. The van der Waals surface area contributed by atoms with Gasteiger partial charge in [-0.3, -0.25) is 19.3 Å². The highest BCUT2D eigenvalue weighted by atomic mass is 32.2. The van der Waals surface area contributed by atoms with Gasteiger partial charge in [0, 0.05) is 18.7 Å². The van der Waals surface area contributed by atoms with E-state index in [-0.39, 0.29) is 46.1 Å². The van der Waals surface area contributed by atoms with Crippen LogP contribution in [0.1, 0.15) is 98.8 Å². The first-order valence-corrected chi connectivity index (χ1v) is 18.0. The molecule has 6 aliphatic rings. The molecule has 9 heteroatoms. The van der Waals surface area contributed by atoms with Gasteiger partial charge >= 0.3 is 0 Å². The lowest BCUT2D eigenvalue weighted by Crippen LogP contribution is -2.70. The number of hydrogen-bond donors (Lipinski definition) is 4. The Morgan fingerprint density at radius 3 is 2.53 bits per heavy atom. The van der Waals surface area contributed by atoms with Gasteiger partial charge < -0.3 is 20.8 Å². The zero-order chi connectivity index (χ0) is 30.8. The second kappa shape index (κ2) is 11.7. The van der Waals surface area contributed by atoms with Crippen LogP contribution in [0.3, 0.4) is 0 Å². The third kappa shape index (κ3) is 5.08. The first-order valence-electron chi connectivity index (χ1n) is 17.0. The standard InChI is InChI=1S/C34H53N3O5S/c1-6-35-30(41)29-19(3)17-43-32-28(31(42)37(29)32)36-26(40)10-7-18(2)22-8-9-23-27-24(12-14-34(22,23)5)33(4)13-11-21(38)15-20(33)16-25(27)39/h18,20-25,27-28,32,38-39H,6-17H2,1-5H3,(H,35,41)(H,36,40). The normalized spacial score (nSPS) is 44.4. The summed E-state index contributed by atoms with van der Waals surface area (Å²) in [5.74, 6) is 2.91. The predicted molar refractivity (Wildman–Crippen MR) is 167 cm³/mol. The van der Waals surface area contributed by atoms with Gasteiger partial charge in [-0.05, 0) is 124 Å². The number of carbonyl (C=O) groups excluding carboxylic acids is 3. The maximum atomic E-state index is 13.1. The minimum atomic E-state index is -0.576. The van der Waals surface area contributed by atoms with Crippen molar-refractivity contribution in [3.8, 4) is 0 Å². The van der Waals surface area contributed by atoms with Gasteiger partial charge in [0.1, 0.15) is 17.1 Å². The van der Waals surface area contributed by atoms with Crippen molar-refractivity contribution in [3.63, 3.8) is 0 Å². The Hall–Kier alpha value is -1.58. The smallest absolute Gasteiger partial charge is 0.268 e. The van der Waals surface area contributed by atoms with Crippen molar-refractivity contribution in [1.82, 2.24) is 15.5 Å². The highest BCUT2D eigenvalue weighted by Gasteiger charge is 2.63. The number of fused-ring (bicyclic) bond motifs is 6. The van der Waals surface area contributed by atoms with Crippen molar-refractivity contribution in [2.45, 2.75) is 122 Å². The molecule has 43 heavy (non-hydrogen) atoms. The molecule has 0 aromatic heterocycles. The lowest BCUT2D eigenvalue weighted by molar-refractivity contribution is -0.174. The Morgan fingerprint density at radius 1 is 1.07 bits per heavy atom. The molecule has 0 radical (unpaired) electrons. The van der Waals surface area contributed by atoms with Crippen LogP contribution in [-0.2, 0) is 14.4 Å². The van der Waals surface area contributed by atoms with Gasteiger partial charge in [-0.1, -0.05) is 20.8 Å². The van der Waals surface area contributed by atoms with E-state index in [2.05, 4.69) is 31.4 Å². The fourth-order valence-corrected chi connectivity index (χ4v) is 12.3. The maximum Gasteiger partial charge on any atom is 0.268 e. The van der Waals surface area contributed by atoms with Crippen molar-refractivity contribution in [2.75, 3.05) is 12.3 Å². The van der Waals surface area contributed by atoms with Gasteiger partial charge in [-0.2, -0.15) is 0 Å². The lowest BCUT2D eigenvalue weighted by Gasteiger charge is -2.62. The molecule has 3 amide bonds. The summed E-state index contributed by atoms with van der Waals surface area (Å²) in [7, 11) is 0. The highest BCUT2D eigenvalue weighted by molar-refractivity contribution is 8.00. The number of amides is 3. The average Bonchev–Trinajstić information content (AvgIpc) is 3.32. The van der Waals surface area contributed by atoms with Crippen molar-refractivity contribution < 1.29 is 24.6 Å². The summed E-state index contributed by atoms with van der Waals surface area (Å²) in [6.45, 7) is 11.5. The van der Waals surface area contributed by atoms with Crippen LogP contribution in [0.15, 0.2) is 11.3 Å². The minimum Gasteiger partial charge on any atom is -0.393 e. The molecule has 0 bridgehead atoms. The molecule has 12 unspecified atom stereocenters. The van der Waals surface area contributed by atoms with Gasteiger partial charge in [0.2, 0.25) is 5.91 Å². The average molecular weight is 616 g/mol. The highest BCUT2D eigenvalue weighted by Crippen LogP contribution is 2.68. The molecule has 12 atom stereocenters. The maximum absolute atomic E-state index is 13.1. The van der Waals surface area contributed by atoms with E-state index in [1.165, 1.54) is 6.42 Å². The third-order valence-electron chi connectivity index (χ3n) is 13.3. The number of thioether (sulfide) groups is 1. The van der Waals surface area contributed by atoms with Gasteiger partial charge in [0.15, 0.2) is 0 Å². The number of carbonyl (C=O) groups is 3. The molecule has 5 fully saturated rings. The van der Waals surface area contributed by atoms with Crippen molar-refractivity contribution in [3.05, 3.63) is 11.3 Å². The summed E-state index contributed by atoms with van der Waals surface area (Å²) in [5.41, 5.74) is 1.75. The Labute approximate surface area is 261 Å². The lowest BCUT2D eigenvalue weighted by atomic mass is 9.43. The molecule has 4 aliphatic carbocycles. The van der Waals surface area contributed by atoms with E-state index in [0.29, 0.717) is 59.9 Å². The number of hydrogen-bond acceptors (Lipinski definition) is 6. The summed E-state index contributed by atoms with van der Waals surface area (Å²) < 4.78 is 0. The quantitative estimate of drug-likeness (QED) is 0.319. The molecule has 4 N–H and O–H groups in total. The summed E-state index contributed by atoms with van der Waals surface area (Å²) in [5, 5.41) is 27.5. The zero-order valence-electron chi connectivity index (χ0n) is 26.7. The summed E-state index contributed by atoms with van der Waals surface area (Å²) in [6, 6.07) is -0.576. The topological polar surface area (TPSA) is 119 Å². The number of nitrogens with zero attached hydrogens (tertiary/aromatic N) is 1. The molecular weight excluding hydrogens is 562 g/mol. The Morgan fingerprint density at radius 2 is 1.79 bits per heavy atom. The largest absolute Gasteiger partial charge is 0.393 e. The second-order valence-corrected chi connectivity index (χ2v) is 16.5. The molecule has 8 nitrogen and oxygen atoms in total. The van der Waals surface area contributed by atoms with E-state index in [1.54, 1.807) is 16.7 Å². The molecular formula is C34H53N3O5S. The van der Waals surface area contributed by atoms with E-state index in [4.69, 9.17) is 0 Å². The monoisotopic (exact) mass is 615 g/mol. The molecule has 6 rings (SSSR count). The summed E-state index contributed by atoms with van der Waals surface area (Å²) in [4.78, 5) is 40.4. The minimum absolute atomic E-state index is 0.0825. The Balaban J connectivity index is 1.05. The molecule has 0 aromatic rings. The second-order valence-electron chi connectivity index (χ2n) is 15.4. The van der Waals surface area contributed by atoms with Gasteiger partial charge in [0.05, 0.1) is 12.2 Å². The van der Waals surface area contributed by atoms with Gasteiger partial charge in [-0.25, -0.2) is 0 Å². The van der Waals surface area contributed by atoms with E-state index in [9.17, 15) is 24.6 Å². The van der Waals surface area contributed by atoms with E-state index >= 15 is 0 Å². The predicted octanol–water partition coefficient (Wildman–Crippen LogP) is 4.20. The number of rotatable bonds is 7. The molecule has 0 spiro atoms. The molecule has 240 valence electrons. The van der Waals surface area contributed by atoms with Crippen LogP contribution in [0.2, 0.25) is 0 Å². The number of β-lactam (4-membered cyclic amide) rings is 1. The van der Waals surface area contributed by atoms with Crippen LogP contribution in [0.25, 0.3) is 0 Å². The fourth-order valence-electron chi connectivity index (χ4n) is 11.0. The zero-order valence-corrected chi connectivity index (χ0v) is 27.5. The molecule has 4 saturated carbocycles. The summed E-state index contributed by atoms with van der Waals surface area (Å²) in [6.07, 6.45) is 9.01. The third-order valence-corrected chi connectivity index (χ3v) is 14.7. The van der Waals surface area contributed by atoms with E-state index < -0.39 is 6.04 Å². The Kier molecular flexibility index (Phi) is 8.51. The number of aliphatic hydroxyl groups is 2. The van der Waals surface area contributed by atoms with Crippen LogP contribution < -0.4 is 10.6 Å². The first-order chi connectivity index (χ1) is 20.4. The van der Waals surface area contributed by atoms with E-state index in [0.717, 1.165) is 56.9 Å². The number of likely N-dealkylation sites (N-methyl/N-ethyl adjacent to an activating group) is 1. The molecule has 0 aromatic carbocycles. The SMILES string of the molecule is CCNC(=O)C1=C(C)CSC2C(NC(=O)CCC(C)C3CCC4C5C(O)CC6CC(O)CCC6(C)C5CCC34C)C(=O)N12. The first kappa shape index (κ1) is 31.4.